The van der Waals surface area contributed by atoms with E-state index in [2.05, 4.69) is 19.2 Å². The third-order valence-corrected chi connectivity index (χ3v) is 5.28. The van der Waals surface area contributed by atoms with Crippen molar-refractivity contribution in [2.45, 2.75) is 45.2 Å². The molecule has 2 aromatic carbocycles. The lowest BCUT2D eigenvalue weighted by molar-refractivity contribution is -0.384. The van der Waals surface area contributed by atoms with E-state index >= 15 is 0 Å². The Bertz CT molecular complexity index is 919. The molecule has 0 aliphatic carbocycles. The lowest BCUT2D eigenvalue weighted by atomic mass is 9.97. The summed E-state index contributed by atoms with van der Waals surface area (Å²) in [5.74, 6) is 0.0591. The maximum atomic E-state index is 12.5. The normalized spacial score (nSPS) is 18.5. The SMILES string of the molecule is CC1CCCC(C)N1C(=O)COc1ccc(C(=O)Nc2cccc([N+](=O)[O-])c2)cc1. The summed E-state index contributed by atoms with van der Waals surface area (Å²) in [6, 6.07) is 12.6. The van der Waals surface area contributed by atoms with Crippen LogP contribution in [0.5, 0.6) is 5.75 Å². The van der Waals surface area contributed by atoms with Gasteiger partial charge in [-0.05, 0) is 63.4 Å². The van der Waals surface area contributed by atoms with Crippen molar-refractivity contribution in [3.05, 3.63) is 64.2 Å². The number of ether oxygens (including phenoxy) is 1. The zero-order valence-electron chi connectivity index (χ0n) is 17.0. The molecule has 0 saturated carbocycles. The zero-order valence-corrected chi connectivity index (χ0v) is 17.0. The van der Waals surface area contributed by atoms with Crippen LogP contribution in [-0.2, 0) is 4.79 Å². The smallest absolute Gasteiger partial charge is 0.271 e. The number of rotatable bonds is 6. The van der Waals surface area contributed by atoms with Crippen molar-refractivity contribution >= 4 is 23.2 Å². The van der Waals surface area contributed by atoms with E-state index in [0.717, 1.165) is 19.3 Å². The van der Waals surface area contributed by atoms with E-state index in [-0.39, 0.29) is 30.3 Å². The molecule has 1 saturated heterocycles. The first kappa shape index (κ1) is 21.3. The van der Waals surface area contributed by atoms with Crippen molar-refractivity contribution in [1.29, 1.82) is 0 Å². The highest BCUT2D eigenvalue weighted by atomic mass is 16.6. The van der Waals surface area contributed by atoms with Gasteiger partial charge in [-0.15, -0.1) is 0 Å². The highest BCUT2D eigenvalue weighted by Gasteiger charge is 2.28. The predicted molar refractivity (Wildman–Crippen MR) is 113 cm³/mol. The minimum atomic E-state index is -0.519. The van der Waals surface area contributed by atoms with E-state index in [4.69, 9.17) is 4.74 Å². The number of nitrogens with zero attached hydrogens (tertiary/aromatic N) is 2. The first-order valence-electron chi connectivity index (χ1n) is 9.95. The lowest BCUT2D eigenvalue weighted by Crippen LogP contribution is -2.49. The van der Waals surface area contributed by atoms with Gasteiger partial charge in [-0.25, -0.2) is 0 Å². The number of amides is 2. The summed E-state index contributed by atoms with van der Waals surface area (Å²) in [5, 5.41) is 13.5. The molecule has 2 atom stereocenters. The lowest BCUT2D eigenvalue weighted by Gasteiger charge is -2.38. The summed E-state index contributed by atoms with van der Waals surface area (Å²) in [6.07, 6.45) is 3.14. The first-order chi connectivity index (χ1) is 14.3. The number of nitro benzene ring substituents is 1. The molecule has 2 unspecified atom stereocenters. The number of hydrogen-bond acceptors (Lipinski definition) is 5. The number of nitrogens with one attached hydrogen (secondary N) is 1. The Labute approximate surface area is 175 Å². The Kier molecular flexibility index (Phi) is 6.66. The van der Waals surface area contributed by atoms with Crippen molar-refractivity contribution in [1.82, 2.24) is 4.90 Å². The second kappa shape index (κ2) is 9.39. The fourth-order valence-corrected chi connectivity index (χ4v) is 3.74. The molecular formula is C22H25N3O5. The third-order valence-electron chi connectivity index (χ3n) is 5.28. The summed E-state index contributed by atoms with van der Waals surface area (Å²) >= 11 is 0. The first-order valence-corrected chi connectivity index (χ1v) is 9.95. The number of likely N-dealkylation sites (tertiary alicyclic amines) is 1. The van der Waals surface area contributed by atoms with Gasteiger partial charge in [0, 0.05) is 35.5 Å². The Morgan fingerprint density at radius 1 is 1.13 bits per heavy atom. The van der Waals surface area contributed by atoms with E-state index in [0.29, 0.717) is 17.0 Å². The molecule has 0 bridgehead atoms. The van der Waals surface area contributed by atoms with Gasteiger partial charge in [0.1, 0.15) is 5.75 Å². The monoisotopic (exact) mass is 411 g/mol. The third kappa shape index (κ3) is 5.14. The summed E-state index contributed by atoms with van der Waals surface area (Å²) in [6.45, 7) is 4.07. The minimum absolute atomic E-state index is 0.0396. The quantitative estimate of drug-likeness (QED) is 0.571. The Balaban J connectivity index is 1.57. The zero-order chi connectivity index (χ0) is 21.7. The molecule has 0 spiro atoms. The molecule has 3 rings (SSSR count). The van der Waals surface area contributed by atoms with Gasteiger partial charge in [-0.2, -0.15) is 0 Å². The van der Waals surface area contributed by atoms with Crippen molar-refractivity contribution in [2.24, 2.45) is 0 Å². The van der Waals surface area contributed by atoms with Gasteiger partial charge in [0.2, 0.25) is 0 Å². The van der Waals surface area contributed by atoms with E-state index < -0.39 is 10.8 Å². The van der Waals surface area contributed by atoms with Gasteiger partial charge in [-0.3, -0.25) is 19.7 Å². The van der Waals surface area contributed by atoms with Crippen LogP contribution >= 0.6 is 0 Å². The van der Waals surface area contributed by atoms with Gasteiger partial charge in [0.25, 0.3) is 17.5 Å². The van der Waals surface area contributed by atoms with E-state index in [1.54, 1.807) is 30.3 Å². The molecule has 1 aliphatic rings. The Morgan fingerprint density at radius 2 is 1.80 bits per heavy atom. The topological polar surface area (TPSA) is 102 Å². The fourth-order valence-electron chi connectivity index (χ4n) is 3.74. The van der Waals surface area contributed by atoms with E-state index in [9.17, 15) is 19.7 Å². The highest BCUT2D eigenvalue weighted by Crippen LogP contribution is 2.23. The number of non-ortho nitro benzene ring substituents is 1. The molecule has 0 radical (unpaired) electrons. The van der Waals surface area contributed by atoms with Crippen LogP contribution in [0.3, 0.4) is 0 Å². The summed E-state index contributed by atoms with van der Waals surface area (Å²) in [4.78, 5) is 37.1. The molecule has 0 aromatic heterocycles. The van der Waals surface area contributed by atoms with Gasteiger partial charge in [-0.1, -0.05) is 6.07 Å². The summed E-state index contributed by atoms with van der Waals surface area (Å²) in [7, 11) is 0. The number of hydrogen-bond donors (Lipinski definition) is 1. The Morgan fingerprint density at radius 3 is 2.43 bits per heavy atom. The average Bonchev–Trinajstić information content (AvgIpc) is 2.72. The number of piperidine rings is 1. The van der Waals surface area contributed by atoms with Crippen LogP contribution in [0.25, 0.3) is 0 Å². The maximum Gasteiger partial charge on any atom is 0.271 e. The number of anilines is 1. The predicted octanol–water partition coefficient (Wildman–Crippen LogP) is 4.02. The van der Waals surface area contributed by atoms with Crippen LogP contribution in [0, 0.1) is 10.1 Å². The van der Waals surface area contributed by atoms with Crippen molar-refractivity contribution in [2.75, 3.05) is 11.9 Å². The van der Waals surface area contributed by atoms with Gasteiger partial charge in [0.05, 0.1) is 4.92 Å². The molecule has 1 fully saturated rings. The van der Waals surface area contributed by atoms with Crippen molar-refractivity contribution in [3.8, 4) is 5.75 Å². The average molecular weight is 411 g/mol. The molecule has 1 aliphatic heterocycles. The number of carbonyl (C=O) groups excluding carboxylic acids is 2. The summed E-state index contributed by atoms with van der Waals surface area (Å²) < 4.78 is 5.61. The molecule has 2 amide bonds. The fraction of sp³-hybridized carbons (Fsp3) is 0.364. The minimum Gasteiger partial charge on any atom is -0.484 e. The van der Waals surface area contributed by atoms with Gasteiger partial charge >= 0.3 is 0 Å². The van der Waals surface area contributed by atoms with Crippen LogP contribution < -0.4 is 10.1 Å². The largest absolute Gasteiger partial charge is 0.484 e. The van der Waals surface area contributed by atoms with Crippen LogP contribution in [0.15, 0.2) is 48.5 Å². The summed E-state index contributed by atoms with van der Waals surface area (Å²) in [5.41, 5.74) is 0.613. The van der Waals surface area contributed by atoms with Crippen LogP contribution in [0.1, 0.15) is 43.5 Å². The molecule has 1 N–H and O–H groups in total. The van der Waals surface area contributed by atoms with Gasteiger partial charge < -0.3 is 15.0 Å². The van der Waals surface area contributed by atoms with Gasteiger partial charge in [0.15, 0.2) is 6.61 Å². The molecule has 158 valence electrons. The molecule has 8 nitrogen and oxygen atoms in total. The van der Waals surface area contributed by atoms with Crippen molar-refractivity contribution < 1.29 is 19.2 Å². The Hall–Kier alpha value is -3.42. The number of carbonyl (C=O) groups is 2. The maximum absolute atomic E-state index is 12.5. The molecule has 2 aromatic rings. The molecule has 1 heterocycles. The second-order valence-electron chi connectivity index (χ2n) is 7.50. The van der Waals surface area contributed by atoms with Crippen LogP contribution in [0.2, 0.25) is 0 Å². The highest BCUT2D eigenvalue weighted by molar-refractivity contribution is 6.04. The molecular weight excluding hydrogens is 386 g/mol. The second-order valence-corrected chi connectivity index (χ2v) is 7.50. The number of nitro groups is 1. The standard InChI is InChI=1S/C22H25N3O5/c1-15-5-3-6-16(2)24(15)21(26)14-30-20-11-9-17(10-12-20)22(27)23-18-7-4-8-19(13-18)25(28)29/h4,7-13,15-16H,3,5-6,14H2,1-2H3,(H,23,27). The van der Waals surface area contributed by atoms with Crippen LogP contribution in [-0.4, -0.2) is 40.3 Å². The van der Waals surface area contributed by atoms with Crippen LogP contribution in [0.4, 0.5) is 11.4 Å². The van der Waals surface area contributed by atoms with E-state index in [1.165, 1.54) is 18.2 Å². The molecule has 8 heteroatoms. The van der Waals surface area contributed by atoms with E-state index in [1.807, 2.05) is 4.90 Å². The number of benzene rings is 2. The molecule has 30 heavy (non-hydrogen) atoms. The van der Waals surface area contributed by atoms with Crippen molar-refractivity contribution in [3.63, 3.8) is 0 Å².